The Bertz CT molecular complexity index is 605. The van der Waals surface area contributed by atoms with Crippen molar-refractivity contribution in [2.45, 2.75) is 36.7 Å². The van der Waals surface area contributed by atoms with E-state index in [1.165, 1.54) is 25.3 Å². The summed E-state index contributed by atoms with van der Waals surface area (Å²) >= 11 is 0. The number of methoxy groups -OCH3 is 1. The summed E-state index contributed by atoms with van der Waals surface area (Å²) in [6.45, 7) is 0. The van der Waals surface area contributed by atoms with Gasteiger partial charge in [-0.3, -0.25) is 0 Å². The lowest BCUT2D eigenvalue weighted by Gasteiger charge is -2.12. The van der Waals surface area contributed by atoms with Gasteiger partial charge in [-0.25, -0.2) is 18.4 Å². The number of hydrogen-bond acceptors (Lipinski definition) is 5. The Labute approximate surface area is 117 Å². The molecule has 1 fully saturated rings. The van der Waals surface area contributed by atoms with Gasteiger partial charge in [-0.1, -0.05) is 0 Å². The zero-order valence-electron chi connectivity index (χ0n) is 11.2. The Hall–Kier alpha value is -1.60. The molecule has 20 heavy (non-hydrogen) atoms. The quantitative estimate of drug-likeness (QED) is 0.849. The van der Waals surface area contributed by atoms with Crippen molar-refractivity contribution in [3.05, 3.63) is 23.8 Å². The van der Waals surface area contributed by atoms with Crippen molar-refractivity contribution in [1.82, 2.24) is 0 Å². The number of nitrogens with two attached hydrogens (primary N) is 1. The van der Waals surface area contributed by atoms with Crippen LogP contribution < -0.4 is 9.88 Å². The van der Waals surface area contributed by atoms with Crippen molar-refractivity contribution < 1.29 is 22.7 Å². The minimum Gasteiger partial charge on any atom is -0.495 e. The first-order chi connectivity index (χ1) is 9.41. The molecule has 1 aliphatic rings. The fourth-order valence-corrected chi connectivity index (χ4v) is 2.97. The van der Waals surface area contributed by atoms with Gasteiger partial charge < -0.3 is 9.47 Å². The zero-order chi connectivity index (χ0) is 14.8. The number of carbonyl (C=O) groups is 1. The molecule has 0 aliphatic heterocycles. The summed E-state index contributed by atoms with van der Waals surface area (Å²) in [5.41, 5.74) is 0.154. The highest BCUT2D eigenvalue weighted by molar-refractivity contribution is 7.89. The number of sulfonamides is 1. The van der Waals surface area contributed by atoms with E-state index in [9.17, 15) is 13.2 Å². The lowest BCUT2D eigenvalue weighted by atomic mass is 10.2. The second-order valence-corrected chi connectivity index (χ2v) is 6.25. The summed E-state index contributed by atoms with van der Waals surface area (Å²) in [5, 5.41) is 5.11. The Morgan fingerprint density at radius 2 is 1.95 bits per heavy atom. The molecule has 0 atom stereocenters. The molecule has 0 amide bonds. The van der Waals surface area contributed by atoms with E-state index in [-0.39, 0.29) is 22.3 Å². The molecule has 0 spiro atoms. The summed E-state index contributed by atoms with van der Waals surface area (Å²) in [6.07, 6.45) is 3.71. The van der Waals surface area contributed by atoms with Gasteiger partial charge in [0.05, 0.1) is 12.7 Å². The fraction of sp³-hybridized carbons (Fsp3) is 0.462. The first-order valence-corrected chi connectivity index (χ1v) is 7.88. The van der Waals surface area contributed by atoms with Crippen LogP contribution in [0.5, 0.6) is 5.75 Å². The second-order valence-electron chi connectivity index (χ2n) is 4.72. The van der Waals surface area contributed by atoms with Gasteiger partial charge in [0.1, 0.15) is 16.7 Å². The van der Waals surface area contributed by atoms with E-state index in [4.69, 9.17) is 14.6 Å². The number of benzene rings is 1. The van der Waals surface area contributed by atoms with Crippen LogP contribution in [0, 0.1) is 0 Å². The number of hydrogen-bond donors (Lipinski definition) is 1. The summed E-state index contributed by atoms with van der Waals surface area (Å²) < 4.78 is 33.2. The van der Waals surface area contributed by atoms with Gasteiger partial charge in [0.2, 0.25) is 10.0 Å². The van der Waals surface area contributed by atoms with Gasteiger partial charge in [-0.15, -0.1) is 0 Å². The third-order valence-corrected chi connectivity index (χ3v) is 4.21. The van der Waals surface area contributed by atoms with Gasteiger partial charge in [0, 0.05) is 0 Å². The molecular weight excluding hydrogens is 282 g/mol. The lowest BCUT2D eigenvalue weighted by molar-refractivity contribution is 0.0317. The molecule has 0 heterocycles. The van der Waals surface area contributed by atoms with Crippen molar-refractivity contribution in [3.63, 3.8) is 0 Å². The van der Waals surface area contributed by atoms with Crippen LogP contribution in [-0.2, 0) is 14.8 Å². The van der Waals surface area contributed by atoms with E-state index in [1.807, 2.05) is 0 Å². The number of esters is 1. The number of ether oxygens (including phenoxy) is 2. The Morgan fingerprint density at radius 3 is 2.50 bits per heavy atom. The van der Waals surface area contributed by atoms with Gasteiger partial charge in [0.25, 0.3) is 0 Å². The van der Waals surface area contributed by atoms with Crippen molar-refractivity contribution in [2.75, 3.05) is 7.11 Å². The Balaban J connectivity index is 2.26. The fourth-order valence-electron chi connectivity index (χ4n) is 2.25. The van der Waals surface area contributed by atoms with Crippen molar-refractivity contribution in [2.24, 2.45) is 5.14 Å². The molecular formula is C13H17NO5S. The van der Waals surface area contributed by atoms with Crippen molar-refractivity contribution >= 4 is 16.0 Å². The topological polar surface area (TPSA) is 95.7 Å². The predicted molar refractivity (Wildman–Crippen MR) is 72.0 cm³/mol. The van der Waals surface area contributed by atoms with Crippen LogP contribution in [0.1, 0.15) is 36.0 Å². The summed E-state index contributed by atoms with van der Waals surface area (Å²) in [4.78, 5) is 11.8. The van der Waals surface area contributed by atoms with Crippen LogP contribution >= 0.6 is 0 Å². The van der Waals surface area contributed by atoms with Crippen LogP contribution in [-0.4, -0.2) is 27.6 Å². The Kier molecular flexibility index (Phi) is 4.29. The molecule has 110 valence electrons. The smallest absolute Gasteiger partial charge is 0.338 e. The molecule has 0 unspecified atom stereocenters. The molecule has 1 aliphatic carbocycles. The molecule has 7 heteroatoms. The van der Waals surface area contributed by atoms with Gasteiger partial charge in [-0.05, 0) is 43.9 Å². The zero-order valence-corrected chi connectivity index (χ0v) is 12.0. The summed E-state index contributed by atoms with van der Waals surface area (Å²) in [6, 6.07) is 4.04. The molecule has 2 N–H and O–H groups in total. The molecule has 2 rings (SSSR count). The highest BCUT2D eigenvalue weighted by Crippen LogP contribution is 2.26. The second kappa shape index (κ2) is 5.80. The molecule has 1 aromatic rings. The first-order valence-electron chi connectivity index (χ1n) is 6.33. The third kappa shape index (κ3) is 3.29. The highest BCUT2D eigenvalue weighted by Gasteiger charge is 2.22. The molecule has 0 bridgehead atoms. The van der Waals surface area contributed by atoms with Gasteiger partial charge >= 0.3 is 5.97 Å². The number of primary sulfonamides is 1. The SMILES string of the molecule is COc1ccc(C(=O)OC2CCCC2)cc1S(N)(=O)=O. The summed E-state index contributed by atoms with van der Waals surface area (Å²) in [7, 11) is -2.63. The molecule has 0 radical (unpaired) electrons. The maximum Gasteiger partial charge on any atom is 0.338 e. The van der Waals surface area contributed by atoms with Crippen LogP contribution in [0.15, 0.2) is 23.1 Å². The van der Waals surface area contributed by atoms with E-state index in [1.54, 1.807) is 0 Å². The number of carbonyl (C=O) groups excluding carboxylic acids is 1. The highest BCUT2D eigenvalue weighted by atomic mass is 32.2. The summed E-state index contributed by atoms with van der Waals surface area (Å²) in [5.74, 6) is -0.436. The van der Waals surface area contributed by atoms with Crippen LogP contribution in [0.4, 0.5) is 0 Å². The largest absolute Gasteiger partial charge is 0.495 e. The Morgan fingerprint density at radius 1 is 1.30 bits per heavy atom. The first kappa shape index (κ1) is 14.8. The van der Waals surface area contributed by atoms with Crippen LogP contribution in [0.3, 0.4) is 0 Å². The van der Waals surface area contributed by atoms with Gasteiger partial charge in [0.15, 0.2) is 0 Å². The molecule has 0 saturated heterocycles. The van der Waals surface area contributed by atoms with E-state index >= 15 is 0 Å². The van der Waals surface area contributed by atoms with Crippen LogP contribution in [0.25, 0.3) is 0 Å². The minimum absolute atomic E-state index is 0.0810. The van der Waals surface area contributed by atoms with E-state index in [0.29, 0.717) is 0 Å². The van der Waals surface area contributed by atoms with Crippen molar-refractivity contribution in [1.29, 1.82) is 0 Å². The molecule has 1 saturated carbocycles. The third-order valence-electron chi connectivity index (χ3n) is 3.28. The normalized spacial score (nSPS) is 16.1. The predicted octanol–water partition coefficient (Wildman–Crippen LogP) is 1.44. The van der Waals surface area contributed by atoms with E-state index in [2.05, 4.69) is 0 Å². The molecule has 0 aromatic heterocycles. The standard InChI is InChI=1S/C13H17NO5S/c1-18-11-7-6-9(8-12(11)20(14,16)17)13(15)19-10-4-2-3-5-10/h6-8,10H,2-5H2,1H3,(H2,14,16,17). The van der Waals surface area contributed by atoms with Gasteiger partial charge in [-0.2, -0.15) is 0 Å². The number of rotatable bonds is 4. The van der Waals surface area contributed by atoms with Crippen LogP contribution in [0.2, 0.25) is 0 Å². The average Bonchev–Trinajstić information content (AvgIpc) is 2.89. The average molecular weight is 299 g/mol. The maximum absolute atomic E-state index is 12.0. The molecule has 6 nitrogen and oxygen atoms in total. The lowest BCUT2D eigenvalue weighted by Crippen LogP contribution is -2.17. The maximum atomic E-state index is 12.0. The van der Waals surface area contributed by atoms with E-state index in [0.717, 1.165) is 25.7 Å². The van der Waals surface area contributed by atoms with Crippen molar-refractivity contribution in [3.8, 4) is 5.75 Å². The van der Waals surface area contributed by atoms with E-state index < -0.39 is 16.0 Å². The molecule has 1 aromatic carbocycles. The monoisotopic (exact) mass is 299 g/mol. The minimum atomic E-state index is -3.96.